The SMILES string of the molecule is O=C(NCCCc1ccccc1)C1CC1C(=O)NCc1ccccc1Cl. The topological polar surface area (TPSA) is 58.2 Å². The molecule has 0 radical (unpaired) electrons. The van der Waals surface area contributed by atoms with Gasteiger partial charge in [-0.1, -0.05) is 60.1 Å². The number of nitrogens with one attached hydrogen (secondary N) is 2. The highest BCUT2D eigenvalue weighted by Crippen LogP contribution is 2.38. The van der Waals surface area contributed by atoms with Gasteiger partial charge in [-0.05, 0) is 36.5 Å². The van der Waals surface area contributed by atoms with E-state index in [0.29, 0.717) is 24.5 Å². The summed E-state index contributed by atoms with van der Waals surface area (Å²) in [5, 5.41) is 6.45. The smallest absolute Gasteiger partial charge is 0.224 e. The molecule has 2 aromatic carbocycles. The van der Waals surface area contributed by atoms with Crippen molar-refractivity contribution in [2.45, 2.75) is 25.8 Å². The third kappa shape index (κ3) is 5.09. The van der Waals surface area contributed by atoms with E-state index in [2.05, 4.69) is 22.8 Å². The van der Waals surface area contributed by atoms with E-state index in [1.807, 2.05) is 36.4 Å². The van der Waals surface area contributed by atoms with Crippen LogP contribution in [0, 0.1) is 11.8 Å². The van der Waals surface area contributed by atoms with Crippen LogP contribution < -0.4 is 10.6 Å². The van der Waals surface area contributed by atoms with Gasteiger partial charge in [0, 0.05) is 18.1 Å². The Kier molecular flexibility index (Phi) is 6.29. The number of hydrogen-bond donors (Lipinski definition) is 2. The van der Waals surface area contributed by atoms with Crippen molar-refractivity contribution in [3.63, 3.8) is 0 Å². The van der Waals surface area contributed by atoms with Crippen molar-refractivity contribution in [3.8, 4) is 0 Å². The van der Waals surface area contributed by atoms with E-state index in [9.17, 15) is 9.59 Å². The van der Waals surface area contributed by atoms with Crippen LogP contribution in [0.15, 0.2) is 54.6 Å². The number of benzene rings is 2. The number of rotatable bonds is 8. The highest BCUT2D eigenvalue weighted by molar-refractivity contribution is 6.31. The number of hydrogen-bond acceptors (Lipinski definition) is 2. The van der Waals surface area contributed by atoms with Gasteiger partial charge in [-0.25, -0.2) is 0 Å². The van der Waals surface area contributed by atoms with Gasteiger partial charge < -0.3 is 10.6 Å². The quantitative estimate of drug-likeness (QED) is 0.700. The standard InChI is InChI=1S/C21H23ClN2O2/c22-19-11-5-4-10-16(19)14-24-21(26)18-13-17(18)20(25)23-12-6-9-15-7-2-1-3-8-15/h1-5,7-8,10-11,17-18H,6,9,12-14H2,(H,23,25)(H,24,26). The molecule has 0 saturated heterocycles. The van der Waals surface area contributed by atoms with Gasteiger partial charge in [0.25, 0.3) is 0 Å². The Morgan fingerprint density at radius 1 is 0.923 bits per heavy atom. The monoisotopic (exact) mass is 370 g/mol. The minimum atomic E-state index is -0.216. The number of carbonyl (C=O) groups excluding carboxylic acids is 2. The fraction of sp³-hybridized carbons (Fsp3) is 0.333. The Labute approximate surface area is 158 Å². The lowest BCUT2D eigenvalue weighted by atomic mass is 10.1. The number of carbonyl (C=O) groups is 2. The molecular weight excluding hydrogens is 348 g/mol. The van der Waals surface area contributed by atoms with Crippen LogP contribution in [0.25, 0.3) is 0 Å². The van der Waals surface area contributed by atoms with Gasteiger partial charge in [-0.3, -0.25) is 9.59 Å². The van der Waals surface area contributed by atoms with Crippen LogP contribution in [-0.2, 0) is 22.6 Å². The summed E-state index contributed by atoms with van der Waals surface area (Å²) in [6.07, 6.45) is 2.46. The first-order valence-corrected chi connectivity index (χ1v) is 9.35. The Hall–Kier alpha value is -2.33. The maximum atomic E-state index is 12.2. The third-order valence-corrected chi connectivity index (χ3v) is 5.03. The van der Waals surface area contributed by atoms with E-state index < -0.39 is 0 Å². The van der Waals surface area contributed by atoms with Crippen molar-refractivity contribution in [1.82, 2.24) is 10.6 Å². The van der Waals surface area contributed by atoms with Crippen LogP contribution in [0.2, 0.25) is 5.02 Å². The number of amides is 2. The van der Waals surface area contributed by atoms with Gasteiger partial charge in [-0.2, -0.15) is 0 Å². The molecule has 1 fully saturated rings. The van der Waals surface area contributed by atoms with Crippen LogP contribution in [-0.4, -0.2) is 18.4 Å². The second-order valence-corrected chi connectivity index (χ2v) is 7.05. The van der Waals surface area contributed by atoms with E-state index in [0.717, 1.165) is 18.4 Å². The third-order valence-electron chi connectivity index (χ3n) is 4.66. The predicted molar refractivity (Wildman–Crippen MR) is 103 cm³/mol. The van der Waals surface area contributed by atoms with Gasteiger partial charge in [0.2, 0.25) is 11.8 Å². The van der Waals surface area contributed by atoms with Gasteiger partial charge in [-0.15, -0.1) is 0 Å². The van der Waals surface area contributed by atoms with Crippen molar-refractivity contribution in [1.29, 1.82) is 0 Å². The molecule has 2 unspecified atom stereocenters. The molecular formula is C21H23ClN2O2. The molecule has 4 nitrogen and oxygen atoms in total. The lowest BCUT2D eigenvalue weighted by molar-refractivity contribution is -0.127. The first kappa shape index (κ1) is 18.5. The lowest BCUT2D eigenvalue weighted by Crippen LogP contribution is -2.30. The summed E-state index contributed by atoms with van der Waals surface area (Å²) in [7, 11) is 0. The Morgan fingerprint density at radius 2 is 1.58 bits per heavy atom. The molecule has 26 heavy (non-hydrogen) atoms. The molecule has 0 aromatic heterocycles. The van der Waals surface area contributed by atoms with E-state index in [4.69, 9.17) is 11.6 Å². The van der Waals surface area contributed by atoms with Gasteiger partial charge in [0.15, 0.2) is 0 Å². The minimum absolute atomic E-state index is 0.0176. The van der Waals surface area contributed by atoms with Crippen LogP contribution in [0.4, 0.5) is 0 Å². The van der Waals surface area contributed by atoms with Crippen LogP contribution in [0.1, 0.15) is 24.0 Å². The van der Waals surface area contributed by atoms with E-state index in [1.54, 1.807) is 6.07 Å². The summed E-state index contributed by atoms with van der Waals surface area (Å²) in [6, 6.07) is 17.6. The van der Waals surface area contributed by atoms with E-state index in [1.165, 1.54) is 5.56 Å². The molecule has 1 aliphatic carbocycles. The molecule has 2 N–H and O–H groups in total. The van der Waals surface area contributed by atoms with Crippen LogP contribution in [0.5, 0.6) is 0 Å². The summed E-state index contributed by atoms with van der Waals surface area (Å²) < 4.78 is 0. The molecule has 1 saturated carbocycles. The zero-order valence-corrected chi connectivity index (χ0v) is 15.3. The number of halogens is 1. The zero-order chi connectivity index (χ0) is 18.4. The maximum Gasteiger partial charge on any atom is 0.224 e. The van der Waals surface area contributed by atoms with Gasteiger partial charge in [0.05, 0.1) is 11.8 Å². The first-order valence-electron chi connectivity index (χ1n) is 8.98. The lowest BCUT2D eigenvalue weighted by Gasteiger charge is -2.07. The van der Waals surface area contributed by atoms with Crippen molar-refractivity contribution in [2.75, 3.05) is 6.54 Å². The molecule has 0 spiro atoms. The molecule has 3 rings (SSSR count). The van der Waals surface area contributed by atoms with Crippen LogP contribution in [0.3, 0.4) is 0 Å². The fourth-order valence-corrected chi connectivity index (χ4v) is 3.21. The Morgan fingerprint density at radius 3 is 2.31 bits per heavy atom. The summed E-state index contributed by atoms with van der Waals surface area (Å²) in [5.41, 5.74) is 2.15. The number of aryl methyl sites for hydroxylation is 1. The summed E-state index contributed by atoms with van der Waals surface area (Å²) in [5.74, 6) is -0.505. The van der Waals surface area contributed by atoms with Gasteiger partial charge in [0.1, 0.15) is 0 Å². The van der Waals surface area contributed by atoms with Crippen molar-refractivity contribution in [3.05, 3.63) is 70.7 Å². The minimum Gasteiger partial charge on any atom is -0.356 e. The molecule has 5 heteroatoms. The van der Waals surface area contributed by atoms with Crippen LogP contribution >= 0.6 is 11.6 Å². The summed E-state index contributed by atoms with van der Waals surface area (Å²) >= 11 is 6.08. The molecule has 0 heterocycles. The largest absolute Gasteiger partial charge is 0.356 e. The van der Waals surface area contributed by atoms with Gasteiger partial charge >= 0.3 is 0 Å². The van der Waals surface area contributed by atoms with E-state index >= 15 is 0 Å². The molecule has 1 aliphatic rings. The van der Waals surface area contributed by atoms with Crippen molar-refractivity contribution < 1.29 is 9.59 Å². The average molecular weight is 371 g/mol. The molecule has 2 atom stereocenters. The molecule has 136 valence electrons. The highest BCUT2D eigenvalue weighted by Gasteiger charge is 2.47. The Balaban J connectivity index is 1.34. The Bertz CT molecular complexity index is 764. The predicted octanol–water partition coefficient (Wildman–Crippen LogP) is 3.34. The fourth-order valence-electron chi connectivity index (χ4n) is 3.01. The average Bonchev–Trinajstić information content (AvgIpc) is 3.46. The summed E-state index contributed by atoms with van der Waals surface area (Å²) in [4.78, 5) is 24.3. The second kappa shape index (κ2) is 8.86. The van der Waals surface area contributed by atoms with Crippen molar-refractivity contribution >= 4 is 23.4 Å². The summed E-state index contributed by atoms with van der Waals surface area (Å²) in [6.45, 7) is 1.03. The van der Waals surface area contributed by atoms with E-state index in [-0.39, 0.29) is 23.7 Å². The second-order valence-electron chi connectivity index (χ2n) is 6.64. The molecule has 2 aromatic rings. The maximum absolute atomic E-state index is 12.2. The first-order chi connectivity index (χ1) is 12.6. The zero-order valence-electron chi connectivity index (χ0n) is 14.6. The molecule has 0 bridgehead atoms. The highest BCUT2D eigenvalue weighted by atomic mass is 35.5. The van der Waals surface area contributed by atoms with Crippen molar-refractivity contribution in [2.24, 2.45) is 11.8 Å². The molecule has 2 amide bonds. The molecule has 0 aliphatic heterocycles. The normalized spacial score (nSPS) is 18.2.